The van der Waals surface area contributed by atoms with Crippen molar-refractivity contribution < 1.29 is 9.47 Å². The number of pyridine rings is 1. The first kappa shape index (κ1) is 16.5. The number of hydrogen-bond acceptors (Lipinski definition) is 4. The second-order valence-electron chi connectivity index (χ2n) is 5.28. The molecule has 0 amide bonds. The first-order chi connectivity index (χ1) is 12.3. The summed E-state index contributed by atoms with van der Waals surface area (Å²) in [5, 5.41) is 0. The standard InChI is InChI=1S/C21H18N2O2/c1-17(16-24-19-11-6-3-7-12-19)21(23-18-9-4-2-5-10-18)25-20-13-8-14-22-15-20/h2-16H,1H3/b17-16+,23-21?. The van der Waals surface area contributed by atoms with E-state index in [4.69, 9.17) is 9.47 Å². The fraction of sp³-hybridized carbons (Fsp3) is 0.0476. The molecular formula is C21H18N2O2. The van der Waals surface area contributed by atoms with Gasteiger partial charge in [0.1, 0.15) is 11.5 Å². The Kier molecular flexibility index (Phi) is 5.56. The Balaban J connectivity index is 1.86. The summed E-state index contributed by atoms with van der Waals surface area (Å²) in [4.78, 5) is 8.65. The van der Waals surface area contributed by atoms with Crippen LogP contribution >= 0.6 is 0 Å². The monoisotopic (exact) mass is 330 g/mol. The number of rotatable bonds is 5. The van der Waals surface area contributed by atoms with E-state index in [1.807, 2.05) is 79.7 Å². The average Bonchev–Trinajstić information content (AvgIpc) is 2.68. The van der Waals surface area contributed by atoms with Crippen molar-refractivity contribution in [2.45, 2.75) is 6.92 Å². The molecule has 0 N–H and O–H groups in total. The van der Waals surface area contributed by atoms with Crippen molar-refractivity contribution in [3.8, 4) is 11.5 Å². The summed E-state index contributed by atoms with van der Waals surface area (Å²) in [5.74, 6) is 1.82. The zero-order valence-corrected chi connectivity index (χ0v) is 13.9. The molecule has 1 aromatic heterocycles. The lowest BCUT2D eigenvalue weighted by Crippen LogP contribution is -2.11. The SMILES string of the molecule is C/C(=C\Oc1ccccc1)C(=Nc1ccccc1)Oc1cccnc1. The summed E-state index contributed by atoms with van der Waals surface area (Å²) in [6.07, 6.45) is 4.97. The lowest BCUT2D eigenvalue weighted by molar-refractivity contribution is 0.473. The minimum absolute atomic E-state index is 0.454. The van der Waals surface area contributed by atoms with Crippen molar-refractivity contribution in [3.05, 3.63) is 97.0 Å². The van der Waals surface area contributed by atoms with Gasteiger partial charge in [0.05, 0.1) is 18.1 Å². The molecule has 4 heteroatoms. The molecule has 0 bridgehead atoms. The molecule has 0 radical (unpaired) electrons. The summed E-state index contributed by atoms with van der Waals surface area (Å²) in [5.41, 5.74) is 1.56. The number of para-hydroxylation sites is 2. The molecule has 0 aliphatic heterocycles. The summed E-state index contributed by atoms with van der Waals surface area (Å²) in [6, 6.07) is 22.8. The van der Waals surface area contributed by atoms with E-state index in [0.29, 0.717) is 11.6 Å². The smallest absolute Gasteiger partial charge is 0.225 e. The zero-order valence-electron chi connectivity index (χ0n) is 13.9. The Bertz CT molecular complexity index is 845. The van der Waals surface area contributed by atoms with E-state index < -0.39 is 0 Å². The van der Waals surface area contributed by atoms with Crippen LogP contribution in [0.5, 0.6) is 11.5 Å². The average molecular weight is 330 g/mol. The zero-order chi connectivity index (χ0) is 17.3. The second kappa shape index (κ2) is 8.45. The second-order valence-corrected chi connectivity index (χ2v) is 5.28. The fourth-order valence-electron chi connectivity index (χ4n) is 2.04. The van der Waals surface area contributed by atoms with Crippen molar-refractivity contribution in [1.82, 2.24) is 4.98 Å². The molecule has 0 spiro atoms. The molecule has 4 nitrogen and oxygen atoms in total. The van der Waals surface area contributed by atoms with Gasteiger partial charge >= 0.3 is 0 Å². The summed E-state index contributed by atoms with van der Waals surface area (Å²) in [7, 11) is 0. The van der Waals surface area contributed by atoms with Gasteiger partial charge in [-0.2, -0.15) is 0 Å². The van der Waals surface area contributed by atoms with E-state index in [1.54, 1.807) is 18.7 Å². The van der Waals surface area contributed by atoms with Gasteiger partial charge in [-0.25, -0.2) is 4.99 Å². The van der Waals surface area contributed by atoms with Crippen LogP contribution in [0.3, 0.4) is 0 Å². The van der Waals surface area contributed by atoms with Gasteiger partial charge in [-0.3, -0.25) is 4.98 Å². The van der Waals surface area contributed by atoms with Crippen LogP contribution in [-0.2, 0) is 0 Å². The molecule has 0 atom stereocenters. The third-order valence-corrected chi connectivity index (χ3v) is 3.29. The highest BCUT2D eigenvalue weighted by molar-refractivity contribution is 5.96. The first-order valence-corrected chi connectivity index (χ1v) is 7.92. The Morgan fingerprint density at radius 3 is 2.24 bits per heavy atom. The third-order valence-electron chi connectivity index (χ3n) is 3.29. The largest absolute Gasteiger partial charge is 0.465 e. The van der Waals surface area contributed by atoms with E-state index in [2.05, 4.69) is 9.98 Å². The van der Waals surface area contributed by atoms with Crippen molar-refractivity contribution in [3.63, 3.8) is 0 Å². The number of nitrogens with zero attached hydrogens (tertiary/aromatic N) is 2. The highest BCUT2D eigenvalue weighted by atomic mass is 16.5. The van der Waals surface area contributed by atoms with E-state index >= 15 is 0 Å². The van der Waals surface area contributed by atoms with Gasteiger partial charge in [-0.05, 0) is 43.3 Å². The predicted molar refractivity (Wildman–Crippen MR) is 99.2 cm³/mol. The molecule has 1 heterocycles. The fourth-order valence-corrected chi connectivity index (χ4v) is 2.04. The van der Waals surface area contributed by atoms with Gasteiger partial charge < -0.3 is 9.47 Å². The Hall–Kier alpha value is -3.40. The summed E-state index contributed by atoms with van der Waals surface area (Å²) in [6.45, 7) is 1.89. The summed E-state index contributed by atoms with van der Waals surface area (Å²) >= 11 is 0. The highest BCUT2D eigenvalue weighted by Gasteiger charge is 2.07. The number of aliphatic imine (C=N–C) groups is 1. The molecule has 0 fully saturated rings. The quantitative estimate of drug-likeness (QED) is 0.368. The number of ether oxygens (including phenoxy) is 2. The molecule has 0 saturated carbocycles. The summed E-state index contributed by atoms with van der Waals surface area (Å²) < 4.78 is 11.6. The number of hydrogen-bond donors (Lipinski definition) is 0. The van der Waals surface area contributed by atoms with E-state index in [9.17, 15) is 0 Å². The van der Waals surface area contributed by atoms with Crippen molar-refractivity contribution in [1.29, 1.82) is 0 Å². The van der Waals surface area contributed by atoms with Crippen LogP contribution in [0.2, 0.25) is 0 Å². The van der Waals surface area contributed by atoms with Gasteiger partial charge in [0.2, 0.25) is 5.90 Å². The van der Waals surface area contributed by atoms with Gasteiger partial charge in [0.25, 0.3) is 0 Å². The van der Waals surface area contributed by atoms with Crippen LogP contribution in [0.15, 0.2) is 102 Å². The lowest BCUT2D eigenvalue weighted by Gasteiger charge is -2.10. The molecule has 3 rings (SSSR count). The molecule has 3 aromatic rings. The Morgan fingerprint density at radius 1 is 0.880 bits per heavy atom. The molecule has 0 unspecified atom stereocenters. The predicted octanol–water partition coefficient (Wildman–Crippen LogP) is 5.17. The lowest BCUT2D eigenvalue weighted by atomic mass is 10.3. The number of aromatic nitrogens is 1. The maximum atomic E-state index is 5.91. The van der Waals surface area contributed by atoms with Gasteiger partial charge in [-0.15, -0.1) is 0 Å². The van der Waals surface area contributed by atoms with Gasteiger partial charge in [0, 0.05) is 11.8 Å². The van der Waals surface area contributed by atoms with Crippen molar-refractivity contribution in [2.75, 3.05) is 0 Å². The van der Waals surface area contributed by atoms with Crippen LogP contribution in [0.25, 0.3) is 0 Å². The maximum Gasteiger partial charge on any atom is 0.225 e. The molecule has 2 aromatic carbocycles. The van der Waals surface area contributed by atoms with Gasteiger partial charge in [0.15, 0.2) is 0 Å². The van der Waals surface area contributed by atoms with Crippen molar-refractivity contribution >= 4 is 11.6 Å². The normalized spacial score (nSPS) is 11.9. The van der Waals surface area contributed by atoms with Crippen LogP contribution in [0.4, 0.5) is 5.69 Å². The Morgan fingerprint density at radius 2 is 1.56 bits per heavy atom. The number of benzene rings is 2. The molecule has 0 aliphatic carbocycles. The van der Waals surface area contributed by atoms with Crippen LogP contribution < -0.4 is 9.47 Å². The topological polar surface area (TPSA) is 43.7 Å². The molecular weight excluding hydrogens is 312 g/mol. The van der Waals surface area contributed by atoms with Crippen LogP contribution in [0.1, 0.15) is 6.92 Å². The maximum absolute atomic E-state index is 5.91. The van der Waals surface area contributed by atoms with Crippen LogP contribution in [-0.4, -0.2) is 10.9 Å². The van der Waals surface area contributed by atoms with Gasteiger partial charge in [-0.1, -0.05) is 36.4 Å². The Labute approximate surface area is 147 Å². The first-order valence-electron chi connectivity index (χ1n) is 7.92. The van der Waals surface area contributed by atoms with E-state index in [-0.39, 0.29) is 0 Å². The van der Waals surface area contributed by atoms with Crippen molar-refractivity contribution in [2.24, 2.45) is 4.99 Å². The van der Waals surface area contributed by atoms with Crippen LogP contribution in [0, 0.1) is 0 Å². The van der Waals surface area contributed by atoms with E-state index in [0.717, 1.165) is 17.0 Å². The third kappa shape index (κ3) is 5.04. The minimum atomic E-state index is 0.454. The van der Waals surface area contributed by atoms with E-state index in [1.165, 1.54) is 0 Å². The molecule has 124 valence electrons. The highest BCUT2D eigenvalue weighted by Crippen LogP contribution is 2.17. The molecule has 0 aliphatic rings. The molecule has 25 heavy (non-hydrogen) atoms. The molecule has 0 saturated heterocycles. The minimum Gasteiger partial charge on any atom is -0.465 e.